The van der Waals surface area contributed by atoms with E-state index in [2.05, 4.69) is 27.6 Å². The molecule has 3 heteroatoms. The van der Waals surface area contributed by atoms with Crippen LogP contribution in [0.5, 0.6) is 0 Å². The number of carbonyl (C=O) groups excluding carboxylic acids is 1. The van der Waals surface area contributed by atoms with Crippen molar-refractivity contribution < 1.29 is 14.0 Å². The van der Waals surface area contributed by atoms with E-state index in [1.807, 2.05) is 0 Å². The number of rotatable bonds is 7. The summed E-state index contributed by atoms with van der Waals surface area (Å²) in [4.78, 5) is 11.2. The number of nitrogens with zero attached hydrogens (tertiary/aromatic N) is 1. The molecule has 0 unspecified atom stereocenters. The van der Waals surface area contributed by atoms with Crippen LogP contribution in [-0.4, -0.2) is 37.8 Å². The monoisotopic (exact) mass is 214 g/mol. The Kier molecular flexibility index (Phi) is 6.25. The first-order valence-electron chi connectivity index (χ1n) is 5.53. The zero-order valence-electron chi connectivity index (χ0n) is 10.5. The molecule has 0 radical (unpaired) electrons. The molecule has 3 nitrogen and oxygen atoms in total. The molecule has 0 aliphatic heterocycles. The summed E-state index contributed by atoms with van der Waals surface area (Å²) in [5, 5.41) is 0. The number of unbranched alkanes of at least 4 members (excludes halogenated alkanes) is 2. The Bertz CT molecular complexity index is 222. The molecule has 88 valence electrons. The lowest BCUT2D eigenvalue weighted by molar-refractivity contribution is -0.907. The number of ether oxygens (including phenoxy) is 1. The highest BCUT2D eigenvalue weighted by Crippen LogP contribution is 2.05. The van der Waals surface area contributed by atoms with Crippen molar-refractivity contribution in [1.82, 2.24) is 0 Å². The molecule has 0 N–H and O–H groups in total. The maximum absolute atomic E-state index is 11.2. The third-order valence-corrected chi connectivity index (χ3v) is 2.26. The van der Waals surface area contributed by atoms with Crippen molar-refractivity contribution >= 4 is 5.97 Å². The van der Waals surface area contributed by atoms with Gasteiger partial charge < -0.3 is 4.74 Å². The number of carbonyl (C=O) groups is 1. The summed E-state index contributed by atoms with van der Waals surface area (Å²) in [7, 11) is 4.14. The molecule has 15 heavy (non-hydrogen) atoms. The summed E-state index contributed by atoms with van der Waals surface area (Å²) in [6, 6.07) is 0. The molecule has 0 saturated carbocycles. The molecular weight excluding hydrogens is 190 g/mol. The molecule has 0 fully saturated rings. The largest absolute Gasteiger partial charge is 0.412 e. The van der Waals surface area contributed by atoms with Crippen molar-refractivity contribution in [1.29, 1.82) is 0 Å². The Labute approximate surface area is 93.3 Å². The van der Waals surface area contributed by atoms with Crippen molar-refractivity contribution in [3.05, 3.63) is 12.2 Å². The van der Waals surface area contributed by atoms with Crippen LogP contribution < -0.4 is 0 Å². The van der Waals surface area contributed by atoms with Gasteiger partial charge in [-0.25, -0.2) is 4.79 Å². The minimum absolute atomic E-state index is 0.295. The number of hydrogen-bond donors (Lipinski definition) is 0. The molecule has 0 bridgehead atoms. The van der Waals surface area contributed by atoms with Gasteiger partial charge >= 0.3 is 5.97 Å². The van der Waals surface area contributed by atoms with Crippen molar-refractivity contribution in [2.75, 3.05) is 27.4 Å². The SMILES string of the molecule is C=C(C)C(=O)OC[N+](C)(C)CCCCC. The second-order valence-electron chi connectivity index (χ2n) is 4.71. The molecule has 0 amide bonds. The molecule has 0 aliphatic carbocycles. The van der Waals surface area contributed by atoms with Crippen molar-refractivity contribution in [3.8, 4) is 0 Å². The second-order valence-corrected chi connectivity index (χ2v) is 4.71. The normalized spacial score (nSPS) is 11.2. The third kappa shape index (κ3) is 7.14. The van der Waals surface area contributed by atoms with E-state index in [-0.39, 0.29) is 5.97 Å². The fourth-order valence-corrected chi connectivity index (χ4v) is 1.21. The Morgan fingerprint density at radius 1 is 1.33 bits per heavy atom. The highest BCUT2D eigenvalue weighted by Gasteiger charge is 2.16. The van der Waals surface area contributed by atoms with Gasteiger partial charge in [-0.05, 0) is 19.8 Å². The Balaban J connectivity index is 3.82. The van der Waals surface area contributed by atoms with Crippen LogP contribution in [-0.2, 0) is 9.53 Å². The van der Waals surface area contributed by atoms with Gasteiger partial charge in [0.2, 0.25) is 6.73 Å². The summed E-state index contributed by atoms with van der Waals surface area (Å²) in [6.45, 7) is 8.86. The summed E-state index contributed by atoms with van der Waals surface area (Å²) in [5.74, 6) is -0.295. The number of esters is 1. The fraction of sp³-hybridized carbons (Fsp3) is 0.750. The zero-order chi connectivity index (χ0) is 11.9. The van der Waals surface area contributed by atoms with Crippen LogP contribution in [0.2, 0.25) is 0 Å². The van der Waals surface area contributed by atoms with Crippen LogP contribution in [0.3, 0.4) is 0 Å². The van der Waals surface area contributed by atoms with E-state index < -0.39 is 0 Å². The highest BCUT2D eigenvalue weighted by atomic mass is 16.5. The molecular formula is C12H24NO2+. The van der Waals surface area contributed by atoms with E-state index in [0.29, 0.717) is 12.3 Å². The van der Waals surface area contributed by atoms with Gasteiger partial charge in [0, 0.05) is 5.57 Å². The Morgan fingerprint density at radius 2 is 1.93 bits per heavy atom. The molecule has 0 aromatic heterocycles. The van der Waals surface area contributed by atoms with Crippen molar-refractivity contribution in [3.63, 3.8) is 0 Å². The van der Waals surface area contributed by atoms with Gasteiger partial charge in [0.25, 0.3) is 0 Å². The van der Waals surface area contributed by atoms with Crippen molar-refractivity contribution in [2.45, 2.75) is 33.1 Å². The average Bonchev–Trinajstić information content (AvgIpc) is 2.14. The van der Waals surface area contributed by atoms with E-state index in [0.717, 1.165) is 11.0 Å². The standard InChI is InChI=1S/C12H24NO2/c1-6-7-8-9-13(4,5)10-15-12(14)11(2)3/h2,6-10H2,1,3-5H3/q+1. The van der Waals surface area contributed by atoms with Gasteiger partial charge in [0.15, 0.2) is 0 Å². The van der Waals surface area contributed by atoms with Gasteiger partial charge in [-0.15, -0.1) is 0 Å². The Morgan fingerprint density at radius 3 is 2.40 bits per heavy atom. The predicted octanol–water partition coefficient (Wildman–Crippen LogP) is 2.33. The van der Waals surface area contributed by atoms with E-state index in [1.54, 1.807) is 6.92 Å². The fourth-order valence-electron chi connectivity index (χ4n) is 1.21. The van der Waals surface area contributed by atoms with Crippen LogP contribution in [0.25, 0.3) is 0 Å². The smallest absolute Gasteiger partial charge is 0.337 e. The predicted molar refractivity (Wildman–Crippen MR) is 62.3 cm³/mol. The molecule has 0 atom stereocenters. The number of hydrogen-bond acceptors (Lipinski definition) is 2. The van der Waals surface area contributed by atoms with Gasteiger partial charge in [0.1, 0.15) is 0 Å². The topological polar surface area (TPSA) is 26.3 Å². The second kappa shape index (κ2) is 6.62. The van der Waals surface area contributed by atoms with Gasteiger partial charge in [0.05, 0.1) is 20.6 Å². The first kappa shape index (κ1) is 14.2. The summed E-state index contributed by atoms with van der Waals surface area (Å²) < 4.78 is 5.85. The van der Waals surface area contributed by atoms with E-state index >= 15 is 0 Å². The van der Waals surface area contributed by atoms with Crippen LogP contribution in [0.15, 0.2) is 12.2 Å². The maximum atomic E-state index is 11.2. The van der Waals surface area contributed by atoms with Crippen LogP contribution in [0.1, 0.15) is 33.1 Å². The van der Waals surface area contributed by atoms with Crippen molar-refractivity contribution in [2.24, 2.45) is 0 Å². The molecule has 0 aromatic carbocycles. The quantitative estimate of drug-likeness (QED) is 0.214. The lowest BCUT2D eigenvalue weighted by atomic mass is 10.2. The highest BCUT2D eigenvalue weighted by molar-refractivity contribution is 5.86. The van der Waals surface area contributed by atoms with E-state index in [9.17, 15) is 4.79 Å². The lowest BCUT2D eigenvalue weighted by Crippen LogP contribution is -2.43. The van der Waals surface area contributed by atoms with Crippen LogP contribution in [0.4, 0.5) is 0 Å². The molecule has 0 rings (SSSR count). The molecule has 0 heterocycles. The first-order valence-corrected chi connectivity index (χ1v) is 5.53. The van der Waals surface area contributed by atoms with E-state index in [1.165, 1.54) is 19.3 Å². The summed E-state index contributed by atoms with van der Waals surface area (Å²) >= 11 is 0. The zero-order valence-corrected chi connectivity index (χ0v) is 10.5. The summed E-state index contributed by atoms with van der Waals surface area (Å²) in [5.41, 5.74) is 0.462. The Hall–Kier alpha value is -0.830. The lowest BCUT2D eigenvalue weighted by Gasteiger charge is -2.28. The molecule has 0 saturated heterocycles. The van der Waals surface area contributed by atoms with Gasteiger partial charge in [-0.1, -0.05) is 19.9 Å². The first-order chi connectivity index (χ1) is 6.89. The molecule has 0 aromatic rings. The third-order valence-electron chi connectivity index (χ3n) is 2.26. The minimum atomic E-state index is -0.295. The average molecular weight is 214 g/mol. The van der Waals surface area contributed by atoms with Gasteiger partial charge in [-0.3, -0.25) is 4.48 Å². The van der Waals surface area contributed by atoms with E-state index in [4.69, 9.17) is 4.74 Å². The number of quaternary nitrogens is 1. The van der Waals surface area contributed by atoms with Crippen LogP contribution >= 0.6 is 0 Å². The molecule has 0 aliphatic rings. The van der Waals surface area contributed by atoms with Crippen LogP contribution in [0, 0.1) is 0 Å². The molecule has 0 spiro atoms. The summed E-state index contributed by atoms with van der Waals surface area (Å²) in [6.07, 6.45) is 3.62. The minimum Gasteiger partial charge on any atom is -0.412 e. The van der Waals surface area contributed by atoms with Gasteiger partial charge in [-0.2, -0.15) is 0 Å². The maximum Gasteiger partial charge on any atom is 0.337 e.